The van der Waals surface area contributed by atoms with E-state index in [1.54, 1.807) is 4.90 Å². The molecule has 0 aliphatic carbocycles. The molecule has 35 heavy (non-hydrogen) atoms. The first kappa shape index (κ1) is 26.7. The second-order valence-corrected chi connectivity index (χ2v) is 20.0. The van der Waals surface area contributed by atoms with E-state index >= 15 is 0 Å². The number of ether oxygens (including phenoxy) is 1. The number of nitrogens with two attached hydrogens (primary N) is 1. The summed E-state index contributed by atoms with van der Waals surface area (Å²) < 4.78 is 27.3. The predicted octanol–water partition coefficient (Wildman–Crippen LogP) is 1.51. The van der Waals surface area contributed by atoms with Crippen molar-refractivity contribution >= 4 is 35.3 Å². The lowest BCUT2D eigenvalue weighted by Gasteiger charge is -2.51. The molecule has 0 aromatic heterocycles. The number of aliphatic hydroxyl groups is 1. The molecule has 0 bridgehead atoms. The molecule has 2 fully saturated rings. The van der Waals surface area contributed by atoms with Crippen molar-refractivity contribution in [3.05, 3.63) is 0 Å². The van der Waals surface area contributed by atoms with Crippen LogP contribution in [0.1, 0.15) is 55.4 Å². The fraction of sp³-hybridized carbons (Fsp3) is 0.864. The maximum Gasteiger partial charge on any atom is 0.335 e. The quantitative estimate of drug-likeness (QED) is 0.457. The lowest BCUT2D eigenvalue weighted by molar-refractivity contribution is -0.124. The third-order valence-corrected chi connectivity index (χ3v) is 17.9. The summed E-state index contributed by atoms with van der Waals surface area (Å²) in [5.74, 6) is -0.308. The van der Waals surface area contributed by atoms with E-state index in [1.807, 2.05) is 0 Å². The molecule has 13 heteroatoms. The molecule has 2 unspecified atom stereocenters. The number of guanidine groups is 1. The van der Waals surface area contributed by atoms with E-state index in [0.717, 1.165) is 0 Å². The minimum atomic E-state index is -2.90. The van der Waals surface area contributed by atoms with Crippen LogP contribution in [0.25, 0.3) is 0 Å². The Morgan fingerprint density at radius 2 is 1.69 bits per heavy atom. The highest BCUT2D eigenvalue weighted by atomic mass is 28.5. The fourth-order valence-corrected chi connectivity index (χ4v) is 17.0. The van der Waals surface area contributed by atoms with Crippen molar-refractivity contribution in [2.75, 3.05) is 6.61 Å². The van der Waals surface area contributed by atoms with Gasteiger partial charge in [0.05, 0.1) is 12.9 Å². The van der Waals surface area contributed by atoms with Gasteiger partial charge < -0.3 is 33.4 Å². The molecule has 198 valence electrons. The van der Waals surface area contributed by atoms with Gasteiger partial charge in [-0.15, -0.1) is 0 Å². The molecular formula is C22H41N5O6Si2. The molecule has 0 saturated carbocycles. The average molecular weight is 528 g/mol. The van der Waals surface area contributed by atoms with Gasteiger partial charge in [-0.25, -0.2) is 4.99 Å². The second kappa shape index (κ2) is 9.50. The van der Waals surface area contributed by atoms with Gasteiger partial charge in [0.15, 0.2) is 24.4 Å². The summed E-state index contributed by atoms with van der Waals surface area (Å²) >= 11 is 0. The monoisotopic (exact) mass is 527 g/mol. The number of aliphatic hydroxyl groups excluding tert-OH is 1. The van der Waals surface area contributed by atoms with Gasteiger partial charge in [-0.2, -0.15) is 0 Å². The summed E-state index contributed by atoms with van der Waals surface area (Å²) in [5, 5.41) is 14.0. The molecular weight excluding hydrogens is 486 g/mol. The number of nitrogens with one attached hydrogen (secondary N) is 1. The lowest BCUT2D eigenvalue weighted by atomic mass is 10.1. The number of carbonyl (C=O) groups is 1. The highest BCUT2D eigenvalue weighted by Gasteiger charge is 2.62. The number of rotatable bonds is 5. The highest BCUT2D eigenvalue weighted by Crippen LogP contribution is 2.47. The predicted molar refractivity (Wildman–Crippen MR) is 136 cm³/mol. The van der Waals surface area contributed by atoms with Crippen LogP contribution in [0.2, 0.25) is 22.2 Å². The number of fused-ring (bicyclic) bond motifs is 2. The molecule has 0 aromatic carbocycles. The highest BCUT2D eigenvalue weighted by molar-refractivity contribution is 6.84. The molecule has 0 spiro atoms. The van der Waals surface area contributed by atoms with E-state index in [9.17, 15) is 9.90 Å². The first-order valence-electron chi connectivity index (χ1n) is 12.6. The topological polar surface area (TPSA) is 140 Å². The normalized spacial score (nSPS) is 36.3. The van der Waals surface area contributed by atoms with Gasteiger partial charge >= 0.3 is 17.1 Å². The Morgan fingerprint density at radius 1 is 1.09 bits per heavy atom. The molecule has 4 aliphatic rings. The van der Waals surface area contributed by atoms with Crippen LogP contribution in [0.15, 0.2) is 9.98 Å². The molecule has 11 nitrogen and oxygen atoms in total. The van der Waals surface area contributed by atoms with Crippen LogP contribution in [0.3, 0.4) is 0 Å². The number of carbonyl (C=O) groups excluding carboxylic acids is 1. The largest absolute Gasteiger partial charge is 0.414 e. The van der Waals surface area contributed by atoms with Crippen molar-refractivity contribution in [3.8, 4) is 0 Å². The van der Waals surface area contributed by atoms with Crippen LogP contribution in [0.4, 0.5) is 0 Å². The van der Waals surface area contributed by atoms with E-state index in [0.29, 0.717) is 0 Å². The second-order valence-electron chi connectivity index (χ2n) is 11.2. The molecule has 4 rings (SSSR count). The Bertz CT molecular complexity index is 868. The Balaban J connectivity index is 1.70. The summed E-state index contributed by atoms with van der Waals surface area (Å²) in [5.41, 5.74) is 6.48. The van der Waals surface area contributed by atoms with Crippen LogP contribution in [0.5, 0.6) is 0 Å². The smallest absolute Gasteiger partial charge is 0.335 e. The number of aliphatic imine (C=N–C) groups is 2. The molecule has 4 aliphatic heterocycles. The molecule has 6 atom stereocenters. The van der Waals surface area contributed by atoms with Crippen LogP contribution < -0.4 is 11.1 Å². The van der Waals surface area contributed by atoms with Gasteiger partial charge in [0, 0.05) is 0 Å². The average Bonchev–Trinajstić information content (AvgIpc) is 3.28. The van der Waals surface area contributed by atoms with Crippen molar-refractivity contribution < 1.29 is 27.6 Å². The Hall–Kier alpha value is -1.36. The third kappa shape index (κ3) is 4.28. The first-order valence-corrected chi connectivity index (χ1v) is 16.6. The Labute approximate surface area is 209 Å². The van der Waals surface area contributed by atoms with E-state index in [-0.39, 0.29) is 40.6 Å². The van der Waals surface area contributed by atoms with Gasteiger partial charge in [0.25, 0.3) is 5.91 Å². The standard InChI is InChI=1S/C22H41N5O6Si2/c1-11(2)34(12(3)4)30-9-15-18(32-35(33-34,13(5)6)14(7)8)17(28)21(31-15)27-10-24-16-19(27)25-22(23)26-20(16)29/h10-19,21,28H,9H2,1-8H3,(H3,23,25,26,29)/t15-,16?,17-,18-,19?,21-/m1/s1. The Morgan fingerprint density at radius 3 is 2.26 bits per heavy atom. The summed E-state index contributed by atoms with van der Waals surface area (Å²) in [4.78, 5) is 22.7. The van der Waals surface area contributed by atoms with Gasteiger partial charge in [-0.05, 0) is 22.2 Å². The van der Waals surface area contributed by atoms with Crippen LogP contribution in [-0.4, -0.2) is 88.7 Å². The molecule has 1 amide bonds. The van der Waals surface area contributed by atoms with Crippen LogP contribution in [0, 0.1) is 0 Å². The van der Waals surface area contributed by atoms with Gasteiger partial charge in [-0.1, -0.05) is 55.4 Å². The maximum absolute atomic E-state index is 12.3. The molecule has 2 saturated heterocycles. The van der Waals surface area contributed by atoms with Crippen molar-refractivity contribution in [2.45, 2.75) is 114 Å². The Kier molecular flexibility index (Phi) is 7.25. The first-order chi connectivity index (χ1) is 16.3. The zero-order chi connectivity index (χ0) is 25.9. The summed E-state index contributed by atoms with van der Waals surface area (Å²) in [6.45, 7) is 17.5. The van der Waals surface area contributed by atoms with Crippen molar-refractivity contribution in [1.82, 2.24) is 10.2 Å². The zero-order valence-corrected chi connectivity index (χ0v) is 24.0. The van der Waals surface area contributed by atoms with Gasteiger partial charge in [0.2, 0.25) is 0 Å². The zero-order valence-electron chi connectivity index (χ0n) is 22.0. The minimum Gasteiger partial charge on any atom is -0.414 e. The summed E-state index contributed by atoms with van der Waals surface area (Å²) in [6, 6.07) is -0.742. The SMILES string of the molecule is CC(C)[Si]1(C(C)C)OC[C@H]2O[C@@H](N3C=NC4C(=O)NC(N)=NC43)[C@H](O)[C@@H]2O[Si](C(C)C)(C(C)C)O1. The van der Waals surface area contributed by atoms with E-state index in [1.165, 1.54) is 6.34 Å². The fourth-order valence-electron chi connectivity index (χ4n) is 5.77. The summed E-state index contributed by atoms with van der Waals surface area (Å²) in [7, 11) is -5.62. The van der Waals surface area contributed by atoms with Crippen molar-refractivity contribution in [1.29, 1.82) is 0 Å². The van der Waals surface area contributed by atoms with Crippen molar-refractivity contribution in [3.63, 3.8) is 0 Å². The lowest BCUT2D eigenvalue weighted by Crippen LogP contribution is -2.66. The molecule has 4 N–H and O–H groups in total. The maximum atomic E-state index is 12.3. The van der Waals surface area contributed by atoms with E-state index < -0.39 is 53.9 Å². The van der Waals surface area contributed by atoms with E-state index in [2.05, 4.69) is 70.7 Å². The van der Waals surface area contributed by atoms with Crippen LogP contribution >= 0.6 is 0 Å². The molecule has 0 aromatic rings. The third-order valence-electron chi connectivity index (χ3n) is 7.67. The van der Waals surface area contributed by atoms with Crippen LogP contribution in [-0.2, 0) is 22.5 Å². The van der Waals surface area contributed by atoms with Gasteiger partial charge in [0.1, 0.15) is 18.3 Å². The number of hydrogen-bond donors (Lipinski definition) is 3. The summed E-state index contributed by atoms with van der Waals surface area (Å²) in [6.07, 6.45) is -2.14. The van der Waals surface area contributed by atoms with Crippen molar-refractivity contribution in [2.24, 2.45) is 15.7 Å². The minimum absolute atomic E-state index is 0.0222. The number of nitrogens with zero attached hydrogens (tertiary/aromatic N) is 3. The molecule has 0 radical (unpaired) electrons. The van der Waals surface area contributed by atoms with Gasteiger partial charge in [-0.3, -0.25) is 15.1 Å². The number of amides is 1. The molecule has 4 heterocycles. The number of hydrogen-bond acceptors (Lipinski definition) is 10. The van der Waals surface area contributed by atoms with E-state index in [4.69, 9.17) is 23.4 Å².